The summed E-state index contributed by atoms with van der Waals surface area (Å²) >= 11 is 0. The van der Waals surface area contributed by atoms with Crippen LogP contribution in [-0.4, -0.2) is 23.1 Å². The van der Waals surface area contributed by atoms with Gasteiger partial charge in [0.15, 0.2) is 11.6 Å². The fraction of sp³-hybridized carbons (Fsp3) is 0.385. The number of benzene rings is 1. The van der Waals surface area contributed by atoms with E-state index in [-0.39, 0.29) is 18.5 Å². The molecule has 0 fully saturated rings. The van der Waals surface area contributed by atoms with Gasteiger partial charge in [-0.05, 0) is 12.5 Å². The molecule has 1 aromatic rings. The van der Waals surface area contributed by atoms with Crippen LogP contribution in [0, 0.1) is 11.6 Å². The van der Waals surface area contributed by atoms with Crippen molar-refractivity contribution in [1.82, 2.24) is 10.6 Å². The normalized spacial score (nSPS) is 11.8. The molecule has 20 heavy (non-hydrogen) atoms. The number of hydrogen-bond donors (Lipinski definition) is 3. The monoisotopic (exact) mass is 286 g/mol. The van der Waals surface area contributed by atoms with Gasteiger partial charge in [0.25, 0.3) is 0 Å². The quantitative estimate of drug-likeness (QED) is 0.748. The van der Waals surface area contributed by atoms with E-state index in [1.807, 2.05) is 0 Å². The lowest BCUT2D eigenvalue weighted by Crippen LogP contribution is -2.45. The SMILES string of the molecule is CCCC(NC(=O)NCc1cccc(F)c1F)C(=O)O. The zero-order chi connectivity index (χ0) is 15.1. The molecular formula is C13H16F2N2O3. The molecule has 0 aromatic heterocycles. The largest absolute Gasteiger partial charge is 0.480 e. The van der Waals surface area contributed by atoms with Crippen LogP contribution in [0.4, 0.5) is 13.6 Å². The number of carbonyl (C=O) groups excluding carboxylic acids is 1. The van der Waals surface area contributed by atoms with Crippen LogP contribution < -0.4 is 10.6 Å². The van der Waals surface area contributed by atoms with Crippen LogP contribution in [0.25, 0.3) is 0 Å². The molecule has 0 radical (unpaired) electrons. The number of carboxylic acids is 1. The summed E-state index contributed by atoms with van der Waals surface area (Å²) in [7, 11) is 0. The van der Waals surface area contributed by atoms with Crippen molar-refractivity contribution in [3.63, 3.8) is 0 Å². The van der Waals surface area contributed by atoms with Crippen molar-refractivity contribution in [1.29, 1.82) is 0 Å². The maximum absolute atomic E-state index is 13.3. The number of nitrogens with one attached hydrogen (secondary N) is 2. The Morgan fingerprint density at radius 1 is 1.35 bits per heavy atom. The number of halogens is 2. The number of hydrogen-bond acceptors (Lipinski definition) is 2. The molecule has 1 aromatic carbocycles. The van der Waals surface area contributed by atoms with Crippen LogP contribution >= 0.6 is 0 Å². The van der Waals surface area contributed by atoms with Crippen LogP contribution in [0.5, 0.6) is 0 Å². The van der Waals surface area contributed by atoms with Gasteiger partial charge in [-0.1, -0.05) is 25.5 Å². The zero-order valence-corrected chi connectivity index (χ0v) is 11.0. The summed E-state index contributed by atoms with van der Waals surface area (Å²) < 4.78 is 26.3. The first-order chi connectivity index (χ1) is 9.45. The molecule has 0 aliphatic heterocycles. The molecule has 3 N–H and O–H groups in total. The Labute approximate surface area is 115 Å². The summed E-state index contributed by atoms with van der Waals surface area (Å²) in [5.74, 6) is -3.17. The van der Waals surface area contributed by atoms with Gasteiger partial charge in [0, 0.05) is 12.1 Å². The van der Waals surface area contributed by atoms with Crippen LogP contribution in [0.2, 0.25) is 0 Å². The number of carboxylic acid groups (broad SMARTS) is 1. The first-order valence-corrected chi connectivity index (χ1v) is 6.15. The third-order valence-electron chi connectivity index (χ3n) is 2.65. The highest BCUT2D eigenvalue weighted by Crippen LogP contribution is 2.10. The molecular weight excluding hydrogens is 270 g/mol. The molecule has 0 bridgehead atoms. The van der Waals surface area contributed by atoms with Crippen LogP contribution in [0.1, 0.15) is 25.3 Å². The lowest BCUT2D eigenvalue weighted by molar-refractivity contribution is -0.139. The van der Waals surface area contributed by atoms with Gasteiger partial charge in [0.05, 0.1) is 0 Å². The van der Waals surface area contributed by atoms with Gasteiger partial charge in [0.2, 0.25) is 0 Å². The van der Waals surface area contributed by atoms with E-state index in [4.69, 9.17) is 5.11 Å². The maximum atomic E-state index is 13.3. The van der Waals surface area contributed by atoms with Crippen molar-refractivity contribution < 1.29 is 23.5 Å². The van der Waals surface area contributed by atoms with Gasteiger partial charge in [-0.2, -0.15) is 0 Å². The summed E-state index contributed by atoms with van der Waals surface area (Å²) in [6, 6.07) is 1.89. The minimum absolute atomic E-state index is 0.0116. The number of urea groups is 1. The summed E-state index contributed by atoms with van der Waals surface area (Å²) in [5.41, 5.74) is -0.0116. The van der Waals surface area contributed by atoms with E-state index in [2.05, 4.69) is 10.6 Å². The molecule has 0 aliphatic rings. The first kappa shape index (κ1) is 15.9. The van der Waals surface area contributed by atoms with E-state index in [0.717, 1.165) is 6.07 Å². The van der Waals surface area contributed by atoms with Crippen LogP contribution in [0.15, 0.2) is 18.2 Å². The van der Waals surface area contributed by atoms with Gasteiger partial charge in [-0.15, -0.1) is 0 Å². The second-order valence-corrected chi connectivity index (χ2v) is 4.22. The Bertz CT molecular complexity index is 495. The fourth-order valence-electron chi connectivity index (χ4n) is 1.62. The maximum Gasteiger partial charge on any atom is 0.326 e. The average Bonchev–Trinajstić information content (AvgIpc) is 2.40. The minimum Gasteiger partial charge on any atom is -0.480 e. The molecule has 0 aliphatic carbocycles. The lowest BCUT2D eigenvalue weighted by Gasteiger charge is -2.14. The number of amides is 2. The lowest BCUT2D eigenvalue weighted by atomic mass is 10.2. The van der Waals surface area contributed by atoms with E-state index in [0.29, 0.717) is 6.42 Å². The Kier molecular flexibility index (Phi) is 5.89. The molecule has 1 rings (SSSR count). The van der Waals surface area contributed by atoms with E-state index >= 15 is 0 Å². The van der Waals surface area contributed by atoms with Crippen molar-refractivity contribution in [2.45, 2.75) is 32.4 Å². The highest BCUT2D eigenvalue weighted by Gasteiger charge is 2.18. The molecule has 2 amide bonds. The molecule has 7 heteroatoms. The van der Waals surface area contributed by atoms with Crippen molar-refractivity contribution in [2.75, 3.05) is 0 Å². The van der Waals surface area contributed by atoms with Gasteiger partial charge in [-0.3, -0.25) is 0 Å². The molecule has 1 unspecified atom stereocenters. The Hall–Kier alpha value is -2.18. The third kappa shape index (κ3) is 4.49. The Morgan fingerprint density at radius 2 is 2.05 bits per heavy atom. The molecule has 110 valence electrons. The van der Waals surface area contributed by atoms with Crippen molar-refractivity contribution in [3.05, 3.63) is 35.4 Å². The molecule has 0 spiro atoms. The summed E-state index contributed by atoms with van der Waals surface area (Å²) in [6.45, 7) is 1.56. The minimum atomic E-state index is -1.14. The standard InChI is InChI=1S/C13H16F2N2O3/c1-2-4-10(12(18)19)17-13(20)16-7-8-5-3-6-9(14)11(8)15/h3,5-6,10H,2,4,7H2,1H3,(H,18,19)(H2,16,17,20). The Balaban J connectivity index is 2.54. The van der Waals surface area contributed by atoms with E-state index in [1.54, 1.807) is 6.92 Å². The smallest absolute Gasteiger partial charge is 0.326 e. The second-order valence-electron chi connectivity index (χ2n) is 4.22. The van der Waals surface area contributed by atoms with Crippen LogP contribution in [0.3, 0.4) is 0 Å². The molecule has 1 atom stereocenters. The number of rotatable bonds is 6. The summed E-state index contributed by atoms with van der Waals surface area (Å²) in [6.07, 6.45) is 0.882. The predicted octanol–water partition coefficient (Wildman–Crippen LogP) is 2.02. The molecule has 0 heterocycles. The van der Waals surface area contributed by atoms with Gasteiger partial charge in [0.1, 0.15) is 6.04 Å². The molecule has 0 saturated carbocycles. The molecule has 5 nitrogen and oxygen atoms in total. The number of carbonyl (C=O) groups is 2. The van der Waals surface area contributed by atoms with Gasteiger partial charge < -0.3 is 15.7 Å². The van der Waals surface area contributed by atoms with Crippen molar-refractivity contribution in [3.8, 4) is 0 Å². The highest BCUT2D eigenvalue weighted by molar-refractivity contribution is 5.82. The van der Waals surface area contributed by atoms with Gasteiger partial charge in [-0.25, -0.2) is 18.4 Å². The fourth-order valence-corrected chi connectivity index (χ4v) is 1.62. The van der Waals surface area contributed by atoms with Crippen molar-refractivity contribution >= 4 is 12.0 Å². The van der Waals surface area contributed by atoms with Crippen LogP contribution in [-0.2, 0) is 11.3 Å². The molecule has 0 saturated heterocycles. The first-order valence-electron chi connectivity index (χ1n) is 6.15. The highest BCUT2D eigenvalue weighted by atomic mass is 19.2. The zero-order valence-electron chi connectivity index (χ0n) is 11.0. The van der Waals surface area contributed by atoms with E-state index in [9.17, 15) is 18.4 Å². The summed E-state index contributed by atoms with van der Waals surface area (Å²) in [5, 5.41) is 13.4. The summed E-state index contributed by atoms with van der Waals surface area (Å²) in [4.78, 5) is 22.3. The predicted molar refractivity (Wildman–Crippen MR) is 68.1 cm³/mol. The van der Waals surface area contributed by atoms with E-state index < -0.39 is 29.7 Å². The second kappa shape index (κ2) is 7.42. The Morgan fingerprint density at radius 3 is 2.65 bits per heavy atom. The topological polar surface area (TPSA) is 78.4 Å². The average molecular weight is 286 g/mol. The van der Waals surface area contributed by atoms with Gasteiger partial charge >= 0.3 is 12.0 Å². The van der Waals surface area contributed by atoms with E-state index in [1.165, 1.54) is 12.1 Å². The number of aliphatic carboxylic acids is 1. The third-order valence-corrected chi connectivity index (χ3v) is 2.65. The van der Waals surface area contributed by atoms with Crippen molar-refractivity contribution in [2.24, 2.45) is 0 Å².